The zero-order chi connectivity index (χ0) is 17.6. The average molecular weight is 392 g/mol. The minimum absolute atomic E-state index is 0.117. The summed E-state index contributed by atoms with van der Waals surface area (Å²) in [7, 11) is 0. The zero-order valence-corrected chi connectivity index (χ0v) is 15.1. The molecule has 0 saturated carbocycles. The largest absolute Gasteiger partial charge is 0.482 e. The lowest BCUT2D eigenvalue weighted by atomic mass is 10.2. The first-order valence-electron chi connectivity index (χ1n) is 7.16. The molecule has 0 fully saturated rings. The lowest BCUT2D eigenvalue weighted by molar-refractivity contribution is 0.252. The van der Waals surface area contributed by atoms with E-state index in [1.165, 1.54) is 11.8 Å². The Hall–Kier alpha value is -2.20. The fourth-order valence-corrected chi connectivity index (χ4v) is 3.11. The Morgan fingerprint density at radius 3 is 2.64 bits per heavy atom. The van der Waals surface area contributed by atoms with Crippen LogP contribution >= 0.6 is 35.0 Å². The molecule has 0 N–H and O–H groups in total. The summed E-state index contributed by atoms with van der Waals surface area (Å²) in [4.78, 5) is 0. The van der Waals surface area contributed by atoms with Crippen LogP contribution < -0.4 is 4.74 Å². The van der Waals surface area contributed by atoms with Gasteiger partial charge >= 0.3 is 0 Å². The fourth-order valence-electron chi connectivity index (χ4n) is 1.91. The number of hydrogen-bond acceptors (Lipinski definition) is 6. The van der Waals surface area contributed by atoms with E-state index in [-0.39, 0.29) is 6.61 Å². The van der Waals surface area contributed by atoms with Crippen LogP contribution in [-0.2, 0) is 12.4 Å². The van der Waals surface area contributed by atoms with Crippen molar-refractivity contribution in [1.82, 2.24) is 10.2 Å². The number of hydrogen-bond donors (Lipinski definition) is 0. The molecular weight excluding hydrogens is 381 g/mol. The summed E-state index contributed by atoms with van der Waals surface area (Å²) in [5, 5.41) is 18.1. The third-order valence-electron chi connectivity index (χ3n) is 3.14. The second-order valence-electron chi connectivity index (χ2n) is 4.92. The van der Waals surface area contributed by atoms with Crippen LogP contribution in [0.2, 0.25) is 10.0 Å². The summed E-state index contributed by atoms with van der Waals surface area (Å²) >= 11 is 13.3. The molecule has 0 unspecified atom stereocenters. The molecule has 0 atom stereocenters. The maximum absolute atomic E-state index is 8.79. The van der Waals surface area contributed by atoms with Gasteiger partial charge in [-0.2, -0.15) is 5.26 Å². The summed E-state index contributed by atoms with van der Waals surface area (Å²) in [5.74, 6) is 1.52. The summed E-state index contributed by atoms with van der Waals surface area (Å²) in [6.07, 6.45) is 0. The van der Waals surface area contributed by atoms with E-state index in [0.717, 1.165) is 5.56 Å². The van der Waals surface area contributed by atoms with Crippen LogP contribution in [0.3, 0.4) is 0 Å². The van der Waals surface area contributed by atoms with Crippen molar-refractivity contribution >= 4 is 35.0 Å². The van der Waals surface area contributed by atoms with Crippen molar-refractivity contribution in [2.24, 2.45) is 0 Å². The van der Waals surface area contributed by atoms with Gasteiger partial charge in [0, 0.05) is 10.8 Å². The molecule has 0 aliphatic heterocycles. The highest BCUT2D eigenvalue weighted by atomic mass is 35.5. The quantitative estimate of drug-likeness (QED) is 0.543. The molecule has 25 heavy (non-hydrogen) atoms. The monoisotopic (exact) mass is 391 g/mol. The van der Waals surface area contributed by atoms with Crippen LogP contribution in [0.15, 0.2) is 52.1 Å². The Kier molecular flexibility index (Phi) is 5.82. The minimum Gasteiger partial charge on any atom is -0.482 e. The molecule has 0 spiro atoms. The summed E-state index contributed by atoms with van der Waals surface area (Å²) in [5.41, 5.74) is 1.69. The first-order valence-corrected chi connectivity index (χ1v) is 8.90. The van der Waals surface area contributed by atoms with E-state index in [9.17, 15) is 0 Å². The van der Waals surface area contributed by atoms with E-state index in [2.05, 4.69) is 16.3 Å². The first-order chi connectivity index (χ1) is 12.1. The maximum atomic E-state index is 8.79. The van der Waals surface area contributed by atoms with Gasteiger partial charge in [0.25, 0.3) is 11.1 Å². The Bertz CT molecular complexity index is 907. The van der Waals surface area contributed by atoms with Crippen molar-refractivity contribution in [3.05, 3.63) is 69.5 Å². The van der Waals surface area contributed by atoms with Gasteiger partial charge in [-0.3, -0.25) is 0 Å². The predicted octanol–water partition coefficient (Wildman–Crippen LogP) is 5.12. The SMILES string of the molecule is N#Cc1ccc(CSc2nnc(COc3ccc(Cl)cc3Cl)o2)cc1. The normalized spacial score (nSPS) is 10.4. The molecule has 0 saturated heterocycles. The molecule has 0 radical (unpaired) electrons. The fraction of sp³-hybridized carbons (Fsp3) is 0.118. The van der Waals surface area contributed by atoms with Crippen LogP contribution in [0.4, 0.5) is 0 Å². The third-order valence-corrected chi connectivity index (χ3v) is 4.56. The van der Waals surface area contributed by atoms with E-state index in [1.54, 1.807) is 30.3 Å². The van der Waals surface area contributed by atoms with Crippen molar-refractivity contribution in [1.29, 1.82) is 5.26 Å². The van der Waals surface area contributed by atoms with Gasteiger partial charge in [-0.05, 0) is 35.9 Å². The van der Waals surface area contributed by atoms with Gasteiger partial charge in [-0.15, -0.1) is 10.2 Å². The Morgan fingerprint density at radius 1 is 1.12 bits per heavy atom. The van der Waals surface area contributed by atoms with Crippen molar-refractivity contribution in [3.63, 3.8) is 0 Å². The van der Waals surface area contributed by atoms with Crippen molar-refractivity contribution in [2.45, 2.75) is 17.6 Å². The maximum Gasteiger partial charge on any atom is 0.277 e. The van der Waals surface area contributed by atoms with Crippen LogP contribution in [0.25, 0.3) is 0 Å². The Labute approximate surface area is 158 Å². The van der Waals surface area contributed by atoms with Gasteiger partial charge in [0.15, 0.2) is 6.61 Å². The number of aromatic nitrogens is 2. The highest BCUT2D eigenvalue weighted by Gasteiger charge is 2.09. The van der Waals surface area contributed by atoms with Crippen LogP contribution in [0.1, 0.15) is 17.0 Å². The molecule has 2 aromatic carbocycles. The molecule has 0 aliphatic carbocycles. The summed E-state index contributed by atoms with van der Waals surface area (Å²) in [6.45, 7) is 0.117. The van der Waals surface area contributed by atoms with Crippen molar-refractivity contribution in [3.8, 4) is 11.8 Å². The lowest BCUT2D eigenvalue weighted by Gasteiger charge is -2.05. The number of benzene rings is 2. The van der Waals surface area contributed by atoms with Gasteiger partial charge in [0.05, 0.1) is 16.7 Å². The average Bonchev–Trinajstić information content (AvgIpc) is 3.07. The van der Waals surface area contributed by atoms with Gasteiger partial charge in [-0.1, -0.05) is 47.1 Å². The van der Waals surface area contributed by atoms with Gasteiger partial charge < -0.3 is 9.15 Å². The lowest BCUT2D eigenvalue weighted by Crippen LogP contribution is -1.96. The van der Waals surface area contributed by atoms with Crippen molar-refractivity contribution < 1.29 is 9.15 Å². The van der Waals surface area contributed by atoms with Gasteiger partial charge in [-0.25, -0.2) is 0 Å². The van der Waals surface area contributed by atoms with E-state index in [4.69, 9.17) is 37.6 Å². The number of nitrogens with zero attached hydrogens (tertiary/aromatic N) is 3. The van der Waals surface area contributed by atoms with E-state index in [0.29, 0.717) is 38.2 Å². The summed E-state index contributed by atoms with van der Waals surface area (Å²) in [6, 6.07) is 14.4. The van der Waals surface area contributed by atoms with Crippen LogP contribution in [-0.4, -0.2) is 10.2 Å². The predicted molar refractivity (Wildman–Crippen MR) is 95.8 cm³/mol. The van der Waals surface area contributed by atoms with E-state index < -0.39 is 0 Å². The van der Waals surface area contributed by atoms with Crippen molar-refractivity contribution in [2.75, 3.05) is 0 Å². The standard InChI is InChI=1S/C17H11Cl2N3O2S/c18-13-5-6-15(14(19)7-13)23-9-16-21-22-17(24-16)25-10-12-3-1-11(8-20)2-4-12/h1-7H,9-10H2. The molecular formula is C17H11Cl2N3O2S. The Morgan fingerprint density at radius 2 is 1.92 bits per heavy atom. The third kappa shape index (κ3) is 4.89. The van der Waals surface area contributed by atoms with Gasteiger partial charge in [0.1, 0.15) is 5.75 Å². The van der Waals surface area contributed by atoms with Gasteiger partial charge in [0.2, 0.25) is 0 Å². The molecule has 126 valence electrons. The Balaban J connectivity index is 1.54. The highest BCUT2D eigenvalue weighted by molar-refractivity contribution is 7.98. The molecule has 0 aliphatic rings. The number of rotatable bonds is 6. The van der Waals surface area contributed by atoms with E-state index in [1.807, 2.05) is 12.1 Å². The molecule has 0 bridgehead atoms. The number of thioether (sulfide) groups is 1. The van der Waals surface area contributed by atoms with Crippen LogP contribution in [0, 0.1) is 11.3 Å². The molecule has 3 aromatic rings. The molecule has 1 heterocycles. The minimum atomic E-state index is 0.117. The first kappa shape index (κ1) is 17.6. The number of nitriles is 1. The zero-order valence-electron chi connectivity index (χ0n) is 12.8. The van der Waals surface area contributed by atoms with Crippen LogP contribution in [0.5, 0.6) is 5.75 Å². The summed E-state index contributed by atoms with van der Waals surface area (Å²) < 4.78 is 11.1. The topological polar surface area (TPSA) is 71.9 Å². The molecule has 5 nitrogen and oxygen atoms in total. The number of ether oxygens (including phenoxy) is 1. The molecule has 3 rings (SSSR count). The highest BCUT2D eigenvalue weighted by Crippen LogP contribution is 2.28. The second-order valence-corrected chi connectivity index (χ2v) is 6.69. The molecule has 0 amide bonds. The molecule has 1 aromatic heterocycles. The van der Waals surface area contributed by atoms with E-state index >= 15 is 0 Å². The number of halogens is 2. The smallest absolute Gasteiger partial charge is 0.277 e. The molecule has 8 heteroatoms. The second kappa shape index (κ2) is 8.26.